The minimum absolute atomic E-state index is 0.143. The van der Waals surface area contributed by atoms with Crippen molar-refractivity contribution in [2.45, 2.75) is 30.4 Å². The molecule has 2 aliphatic rings. The van der Waals surface area contributed by atoms with E-state index in [1.54, 1.807) is 25.3 Å². The predicted octanol–water partition coefficient (Wildman–Crippen LogP) is 3.33. The molecule has 0 bridgehead atoms. The summed E-state index contributed by atoms with van der Waals surface area (Å²) >= 11 is 0. The number of nitrogens with zero attached hydrogens (tertiary/aromatic N) is 4. The molecule has 0 saturated carbocycles. The molecule has 11 heteroatoms. The maximum atomic E-state index is 12.8. The Morgan fingerprint density at radius 2 is 1.93 bits per heavy atom. The summed E-state index contributed by atoms with van der Waals surface area (Å²) in [6, 6.07) is 16.3. The van der Waals surface area contributed by atoms with Crippen molar-refractivity contribution in [1.82, 2.24) is 20.3 Å². The van der Waals surface area contributed by atoms with E-state index in [0.717, 1.165) is 53.9 Å². The summed E-state index contributed by atoms with van der Waals surface area (Å²) in [5, 5.41) is 3.69. The Labute approximate surface area is 238 Å². The smallest absolute Gasteiger partial charge is 0.251 e. The normalized spacial score (nSPS) is 19.1. The molecule has 1 atom stereocenters. The van der Waals surface area contributed by atoms with Crippen LogP contribution >= 0.6 is 0 Å². The van der Waals surface area contributed by atoms with Crippen LogP contribution in [0.2, 0.25) is 0 Å². The largest absolute Gasteiger partial charge is 0.376 e. The Balaban J connectivity index is 1.18. The Kier molecular flexibility index (Phi) is 7.18. The van der Waals surface area contributed by atoms with Crippen LogP contribution in [0.1, 0.15) is 28.0 Å². The number of rotatable bonds is 6. The molecule has 1 aromatic carbocycles. The van der Waals surface area contributed by atoms with Crippen molar-refractivity contribution < 1.29 is 22.7 Å². The van der Waals surface area contributed by atoms with Crippen LogP contribution in [0, 0.1) is 6.92 Å². The molecule has 1 spiro atoms. The number of sulfone groups is 1. The van der Waals surface area contributed by atoms with Crippen molar-refractivity contribution in [3.63, 3.8) is 0 Å². The van der Waals surface area contributed by atoms with E-state index < -0.39 is 9.84 Å². The number of ether oxygens (including phenoxy) is 2. The van der Waals surface area contributed by atoms with Crippen LogP contribution in [0.5, 0.6) is 0 Å². The molecule has 2 saturated heterocycles. The third-order valence-corrected chi connectivity index (χ3v) is 8.79. The van der Waals surface area contributed by atoms with Crippen LogP contribution in [-0.2, 0) is 25.9 Å². The quantitative estimate of drug-likeness (QED) is 0.370. The van der Waals surface area contributed by atoms with Gasteiger partial charge in [-0.1, -0.05) is 12.1 Å². The maximum Gasteiger partial charge on any atom is 0.251 e. The van der Waals surface area contributed by atoms with Gasteiger partial charge in [0.25, 0.3) is 5.91 Å². The maximum absolute atomic E-state index is 12.8. The molecular weight excluding hydrogens is 542 g/mol. The van der Waals surface area contributed by atoms with Gasteiger partial charge in [0.1, 0.15) is 11.4 Å². The topological polar surface area (TPSA) is 124 Å². The van der Waals surface area contributed by atoms with Gasteiger partial charge in [-0.25, -0.2) is 18.4 Å². The van der Waals surface area contributed by atoms with Gasteiger partial charge < -0.3 is 19.7 Å². The van der Waals surface area contributed by atoms with E-state index >= 15 is 0 Å². The number of aromatic nitrogens is 3. The van der Waals surface area contributed by atoms with Crippen LogP contribution < -0.4 is 10.2 Å². The average molecular weight is 574 g/mol. The number of amides is 1. The number of anilines is 1. The lowest BCUT2D eigenvalue weighted by Crippen LogP contribution is -2.45. The molecule has 2 fully saturated rings. The average Bonchev–Trinajstić information content (AvgIpc) is 3.38. The lowest BCUT2D eigenvalue weighted by Gasteiger charge is -2.33. The Morgan fingerprint density at radius 3 is 2.73 bits per heavy atom. The zero-order valence-corrected chi connectivity index (χ0v) is 23.8. The van der Waals surface area contributed by atoms with Crippen molar-refractivity contribution in [3.8, 4) is 11.4 Å². The van der Waals surface area contributed by atoms with Crippen LogP contribution in [-0.4, -0.2) is 74.0 Å². The number of hydrogen-bond acceptors (Lipinski definition) is 9. The molecule has 2 aliphatic heterocycles. The van der Waals surface area contributed by atoms with Gasteiger partial charge in [-0.05, 0) is 61.4 Å². The van der Waals surface area contributed by atoms with Crippen LogP contribution in [0.3, 0.4) is 0 Å². The standard InChI is InChI=1S/C30H31N5O5S/c1-20-6-7-21(14-27(20)41(2,37)38)29(36)32-17-23-15-26-22(16-31-23)8-9-25(33-26)24-4-3-5-28(34-24)35-11-10-30(18-35)19-39-12-13-40-30/h3-9,14-16H,10-13,17-19H2,1-2H3,(H,32,36). The van der Waals surface area contributed by atoms with Gasteiger partial charge in [0.2, 0.25) is 0 Å². The van der Waals surface area contributed by atoms with E-state index in [1.165, 1.54) is 6.07 Å². The first-order valence-corrected chi connectivity index (χ1v) is 15.4. The van der Waals surface area contributed by atoms with E-state index in [0.29, 0.717) is 31.1 Å². The molecule has 0 radical (unpaired) electrons. The summed E-state index contributed by atoms with van der Waals surface area (Å²) in [4.78, 5) is 29.4. The van der Waals surface area contributed by atoms with Gasteiger partial charge in [0.15, 0.2) is 9.84 Å². The van der Waals surface area contributed by atoms with E-state index in [2.05, 4.69) is 15.2 Å². The number of pyridine rings is 3. The second-order valence-electron chi connectivity index (χ2n) is 10.6. The van der Waals surface area contributed by atoms with Gasteiger partial charge in [-0.3, -0.25) is 9.78 Å². The van der Waals surface area contributed by atoms with Crippen molar-refractivity contribution in [2.24, 2.45) is 0 Å². The van der Waals surface area contributed by atoms with E-state index in [4.69, 9.17) is 19.4 Å². The molecule has 0 aliphatic carbocycles. The summed E-state index contributed by atoms with van der Waals surface area (Å²) in [6.45, 7) is 5.34. The highest BCUT2D eigenvalue weighted by molar-refractivity contribution is 7.90. The number of carbonyl (C=O) groups excluding carboxylic acids is 1. The second-order valence-corrected chi connectivity index (χ2v) is 12.6. The first kappa shape index (κ1) is 27.3. The first-order chi connectivity index (χ1) is 19.7. The van der Waals surface area contributed by atoms with Gasteiger partial charge >= 0.3 is 0 Å². The number of hydrogen-bond donors (Lipinski definition) is 1. The van der Waals surface area contributed by atoms with Gasteiger partial charge in [0, 0.05) is 29.9 Å². The minimum Gasteiger partial charge on any atom is -0.376 e. The third-order valence-electron chi connectivity index (χ3n) is 7.55. The molecular formula is C30H31N5O5S. The molecule has 212 valence electrons. The summed E-state index contributed by atoms with van der Waals surface area (Å²) in [6.07, 6.45) is 3.76. The second kappa shape index (κ2) is 10.8. The highest BCUT2D eigenvalue weighted by Crippen LogP contribution is 2.32. The molecule has 3 aromatic heterocycles. The molecule has 10 nitrogen and oxygen atoms in total. The van der Waals surface area contributed by atoms with E-state index in [9.17, 15) is 13.2 Å². The van der Waals surface area contributed by atoms with Gasteiger partial charge in [-0.15, -0.1) is 0 Å². The lowest BCUT2D eigenvalue weighted by molar-refractivity contribution is -0.145. The fourth-order valence-electron chi connectivity index (χ4n) is 5.35. The molecule has 4 aromatic rings. The zero-order chi connectivity index (χ0) is 28.6. The zero-order valence-electron chi connectivity index (χ0n) is 23.0. The SMILES string of the molecule is Cc1ccc(C(=O)NCc2cc3nc(-c4cccc(N5CCC6(COCCO6)C5)n4)ccc3cn2)cc1S(C)(=O)=O. The fourth-order valence-corrected chi connectivity index (χ4v) is 6.34. The van der Waals surface area contributed by atoms with Crippen molar-refractivity contribution >= 4 is 32.5 Å². The van der Waals surface area contributed by atoms with Gasteiger partial charge in [0.05, 0.1) is 60.4 Å². The molecule has 1 unspecified atom stereocenters. The third kappa shape index (κ3) is 5.79. The van der Waals surface area contributed by atoms with Gasteiger partial charge in [-0.2, -0.15) is 0 Å². The number of fused-ring (bicyclic) bond motifs is 1. The lowest BCUT2D eigenvalue weighted by atomic mass is 10.0. The molecule has 41 heavy (non-hydrogen) atoms. The number of benzene rings is 1. The van der Waals surface area contributed by atoms with E-state index in [1.807, 2.05) is 36.4 Å². The molecule has 1 N–H and O–H groups in total. The van der Waals surface area contributed by atoms with Crippen LogP contribution in [0.25, 0.3) is 22.3 Å². The van der Waals surface area contributed by atoms with E-state index in [-0.39, 0.29) is 28.5 Å². The summed E-state index contributed by atoms with van der Waals surface area (Å²) < 4.78 is 35.8. The van der Waals surface area contributed by atoms with Crippen LogP contribution in [0.4, 0.5) is 5.82 Å². The minimum atomic E-state index is -3.44. The summed E-state index contributed by atoms with van der Waals surface area (Å²) in [5.41, 5.74) is 3.47. The Bertz CT molecular complexity index is 1740. The van der Waals surface area contributed by atoms with Crippen LogP contribution in [0.15, 0.2) is 65.7 Å². The highest BCUT2D eigenvalue weighted by atomic mass is 32.2. The first-order valence-electron chi connectivity index (χ1n) is 13.5. The monoisotopic (exact) mass is 573 g/mol. The Morgan fingerprint density at radius 1 is 1.07 bits per heavy atom. The number of aryl methyl sites for hydroxylation is 1. The molecule has 5 heterocycles. The number of nitrogens with one attached hydrogen (secondary N) is 1. The molecule has 6 rings (SSSR count). The molecule has 1 amide bonds. The van der Waals surface area contributed by atoms with Crippen molar-refractivity contribution in [3.05, 3.63) is 77.6 Å². The number of carbonyl (C=O) groups is 1. The summed E-state index contributed by atoms with van der Waals surface area (Å²) in [7, 11) is -3.44. The van der Waals surface area contributed by atoms with Crippen molar-refractivity contribution in [2.75, 3.05) is 44.1 Å². The fraction of sp³-hybridized carbons (Fsp3) is 0.333. The summed E-state index contributed by atoms with van der Waals surface area (Å²) in [5.74, 6) is 0.497. The predicted molar refractivity (Wildman–Crippen MR) is 155 cm³/mol. The van der Waals surface area contributed by atoms with Crippen molar-refractivity contribution in [1.29, 1.82) is 0 Å². The Hall–Kier alpha value is -3.93. The highest BCUT2D eigenvalue weighted by Gasteiger charge is 2.41.